The molecule has 0 aromatic rings. The molecule has 0 amide bonds. The van der Waals surface area contributed by atoms with Crippen molar-refractivity contribution in [3.63, 3.8) is 0 Å². The van der Waals surface area contributed by atoms with Gasteiger partial charge in [-0.15, -0.1) is 0 Å². The van der Waals surface area contributed by atoms with E-state index >= 15 is 0 Å². The molecule has 0 heterocycles. The van der Waals surface area contributed by atoms with E-state index in [1.807, 2.05) is 0 Å². The van der Waals surface area contributed by atoms with E-state index in [0.717, 1.165) is 61.2 Å². The molecular formula is C30H54F2. The molecule has 3 rings (SSSR count). The summed E-state index contributed by atoms with van der Waals surface area (Å²) in [5.74, 6) is 6.04. The Labute approximate surface area is 199 Å². The van der Waals surface area contributed by atoms with Gasteiger partial charge in [0, 0.05) is 0 Å². The van der Waals surface area contributed by atoms with E-state index < -0.39 is 0 Å². The third kappa shape index (κ3) is 9.25. The van der Waals surface area contributed by atoms with Crippen LogP contribution in [0.4, 0.5) is 8.78 Å². The highest BCUT2D eigenvalue weighted by Crippen LogP contribution is 2.46. The van der Waals surface area contributed by atoms with Crippen LogP contribution in [-0.2, 0) is 0 Å². The molecule has 3 fully saturated rings. The van der Waals surface area contributed by atoms with Gasteiger partial charge < -0.3 is 0 Å². The van der Waals surface area contributed by atoms with Gasteiger partial charge in [-0.2, -0.15) is 0 Å². The number of hydrogen-bond acceptors (Lipinski definition) is 0. The smallest absolute Gasteiger partial charge is 0.0894 e. The second kappa shape index (κ2) is 15.7. The standard InChI is InChI=1S/C30H54F2/c31-23-7-4-2-1-3-5-9-25-11-15-27(16-12-25)29-19-21-30(22-20-29)28-17-13-26(14-18-28)10-6-8-24-32/h25-30H,1-24H2. The predicted octanol–water partition coefficient (Wildman–Crippen LogP) is 10.2. The fourth-order valence-electron chi connectivity index (χ4n) is 7.75. The molecular weight excluding hydrogens is 398 g/mol. The van der Waals surface area contributed by atoms with Gasteiger partial charge in [0.15, 0.2) is 0 Å². The van der Waals surface area contributed by atoms with Crippen molar-refractivity contribution >= 4 is 0 Å². The van der Waals surface area contributed by atoms with Crippen molar-refractivity contribution in [1.82, 2.24) is 0 Å². The Morgan fingerprint density at radius 2 is 0.625 bits per heavy atom. The summed E-state index contributed by atoms with van der Waals surface area (Å²) < 4.78 is 24.5. The van der Waals surface area contributed by atoms with Crippen LogP contribution < -0.4 is 0 Å². The summed E-state index contributed by atoms with van der Waals surface area (Å²) in [4.78, 5) is 0. The molecule has 0 atom stereocenters. The zero-order valence-electron chi connectivity index (χ0n) is 21.2. The van der Waals surface area contributed by atoms with E-state index in [1.165, 1.54) is 116 Å². The van der Waals surface area contributed by atoms with Gasteiger partial charge in [0.2, 0.25) is 0 Å². The van der Waals surface area contributed by atoms with Crippen molar-refractivity contribution in [3.05, 3.63) is 0 Å². The van der Waals surface area contributed by atoms with Gasteiger partial charge in [0.25, 0.3) is 0 Å². The van der Waals surface area contributed by atoms with E-state index in [1.54, 1.807) is 0 Å². The highest BCUT2D eigenvalue weighted by atomic mass is 19.1. The van der Waals surface area contributed by atoms with Gasteiger partial charge in [-0.25, -0.2) is 0 Å². The SMILES string of the molecule is FCCCCCCCCC1CCC(C2CCC(C3CCC(CCCCF)CC3)CC2)CC1. The van der Waals surface area contributed by atoms with Crippen LogP contribution in [-0.4, -0.2) is 13.3 Å². The van der Waals surface area contributed by atoms with Gasteiger partial charge in [-0.3, -0.25) is 8.78 Å². The maximum absolute atomic E-state index is 12.3. The van der Waals surface area contributed by atoms with Crippen LogP contribution in [0.5, 0.6) is 0 Å². The summed E-state index contributed by atoms with van der Waals surface area (Å²) in [5, 5.41) is 0. The second-order valence-corrected chi connectivity index (χ2v) is 12.0. The van der Waals surface area contributed by atoms with Crippen LogP contribution in [0, 0.1) is 35.5 Å². The minimum Gasteiger partial charge on any atom is -0.251 e. The van der Waals surface area contributed by atoms with Crippen molar-refractivity contribution in [1.29, 1.82) is 0 Å². The van der Waals surface area contributed by atoms with Crippen LogP contribution in [0.15, 0.2) is 0 Å². The van der Waals surface area contributed by atoms with E-state index in [0.29, 0.717) is 0 Å². The van der Waals surface area contributed by atoms with E-state index in [4.69, 9.17) is 0 Å². The molecule has 3 saturated carbocycles. The minimum absolute atomic E-state index is 0.121. The molecule has 0 bridgehead atoms. The molecule has 188 valence electrons. The minimum atomic E-state index is -0.130. The van der Waals surface area contributed by atoms with E-state index in [2.05, 4.69) is 0 Å². The molecule has 0 saturated heterocycles. The number of halogens is 2. The van der Waals surface area contributed by atoms with Gasteiger partial charge in [0.1, 0.15) is 0 Å². The first-order valence-electron chi connectivity index (χ1n) is 14.9. The number of hydrogen-bond donors (Lipinski definition) is 0. The number of rotatable bonds is 14. The largest absolute Gasteiger partial charge is 0.251 e. The first-order valence-corrected chi connectivity index (χ1v) is 14.9. The molecule has 0 N–H and O–H groups in total. The Kier molecular flexibility index (Phi) is 13.0. The fraction of sp³-hybridized carbons (Fsp3) is 1.00. The average Bonchev–Trinajstić information content (AvgIpc) is 2.85. The molecule has 3 aliphatic carbocycles. The highest BCUT2D eigenvalue weighted by Gasteiger charge is 2.34. The van der Waals surface area contributed by atoms with Crippen LogP contribution >= 0.6 is 0 Å². The first-order chi connectivity index (χ1) is 15.8. The topological polar surface area (TPSA) is 0 Å². The van der Waals surface area contributed by atoms with Gasteiger partial charge in [-0.1, -0.05) is 77.0 Å². The molecule has 2 heteroatoms. The molecule has 0 unspecified atom stereocenters. The summed E-state index contributed by atoms with van der Waals surface area (Å²) >= 11 is 0. The molecule has 0 spiro atoms. The third-order valence-electron chi connectivity index (χ3n) is 9.92. The second-order valence-electron chi connectivity index (χ2n) is 12.0. The zero-order valence-corrected chi connectivity index (χ0v) is 21.2. The number of alkyl halides is 2. The predicted molar refractivity (Wildman–Crippen MR) is 134 cm³/mol. The summed E-state index contributed by atoms with van der Waals surface area (Å²) in [6.45, 7) is -0.251. The maximum atomic E-state index is 12.3. The van der Waals surface area contributed by atoms with Crippen molar-refractivity contribution in [2.75, 3.05) is 13.3 Å². The third-order valence-corrected chi connectivity index (χ3v) is 9.92. The summed E-state index contributed by atoms with van der Waals surface area (Å²) in [5.41, 5.74) is 0. The van der Waals surface area contributed by atoms with Gasteiger partial charge in [-0.05, 0) is 99.7 Å². The molecule has 0 aromatic heterocycles. The lowest BCUT2D eigenvalue weighted by atomic mass is 9.64. The summed E-state index contributed by atoms with van der Waals surface area (Å²) in [7, 11) is 0. The van der Waals surface area contributed by atoms with Crippen molar-refractivity contribution < 1.29 is 8.78 Å². The first kappa shape index (κ1) is 26.5. The Morgan fingerprint density at radius 3 is 1.03 bits per heavy atom. The molecule has 32 heavy (non-hydrogen) atoms. The Morgan fingerprint density at radius 1 is 0.344 bits per heavy atom. The summed E-state index contributed by atoms with van der Waals surface area (Å²) in [6, 6.07) is 0. The quantitative estimate of drug-likeness (QED) is 0.230. The van der Waals surface area contributed by atoms with Crippen LogP contribution in [0.1, 0.15) is 141 Å². The Hall–Kier alpha value is -0.140. The highest BCUT2D eigenvalue weighted by molar-refractivity contribution is 4.86. The van der Waals surface area contributed by atoms with Crippen molar-refractivity contribution in [2.45, 2.75) is 141 Å². The van der Waals surface area contributed by atoms with Crippen molar-refractivity contribution in [2.24, 2.45) is 35.5 Å². The number of unbranched alkanes of at least 4 members (excludes halogenated alkanes) is 6. The lowest BCUT2D eigenvalue weighted by Gasteiger charge is -2.41. The average molecular weight is 453 g/mol. The normalized spacial score (nSPS) is 33.9. The zero-order chi connectivity index (χ0) is 22.4. The van der Waals surface area contributed by atoms with Crippen LogP contribution in [0.25, 0.3) is 0 Å². The van der Waals surface area contributed by atoms with Gasteiger partial charge in [0.05, 0.1) is 13.3 Å². The van der Waals surface area contributed by atoms with Gasteiger partial charge >= 0.3 is 0 Å². The van der Waals surface area contributed by atoms with E-state index in [9.17, 15) is 8.78 Å². The summed E-state index contributed by atoms with van der Waals surface area (Å²) in [6.07, 6.45) is 29.7. The molecule has 0 radical (unpaired) electrons. The monoisotopic (exact) mass is 452 g/mol. The van der Waals surface area contributed by atoms with Crippen molar-refractivity contribution in [3.8, 4) is 0 Å². The Balaban J connectivity index is 1.22. The Bertz CT molecular complexity index is 440. The molecule has 3 aliphatic rings. The fourth-order valence-corrected chi connectivity index (χ4v) is 7.75. The lowest BCUT2D eigenvalue weighted by molar-refractivity contribution is 0.102. The van der Waals surface area contributed by atoms with Crippen LogP contribution in [0.2, 0.25) is 0 Å². The maximum Gasteiger partial charge on any atom is 0.0894 e. The molecule has 0 aliphatic heterocycles. The van der Waals surface area contributed by atoms with Crippen LogP contribution in [0.3, 0.4) is 0 Å². The molecule has 0 nitrogen and oxygen atoms in total. The molecule has 0 aromatic carbocycles. The lowest BCUT2D eigenvalue weighted by Crippen LogP contribution is -2.29. The van der Waals surface area contributed by atoms with E-state index in [-0.39, 0.29) is 13.3 Å².